The quantitative estimate of drug-likeness (QED) is 0.817. The Labute approximate surface area is 90.5 Å². The van der Waals surface area contributed by atoms with Gasteiger partial charge in [0.05, 0.1) is 10.4 Å². The Balaban J connectivity index is 2.51. The zero-order chi connectivity index (χ0) is 9.97. The molecule has 5 heteroatoms. The minimum atomic E-state index is 0.665. The lowest BCUT2D eigenvalue weighted by atomic mass is 10.4. The molecule has 0 saturated heterocycles. The van der Waals surface area contributed by atoms with Gasteiger partial charge in [0.1, 0.15) is 17.0 Å². The predicted octanol–water partition coefficient (Wildman–Crippen LogP) is 2.94. The minimum Gasteiger partial charge on any atom is -0.366 e. The fraction of sp³-hybridized carbons (Fsp3) is 0.111. The number of hydrogen-bond acceptors (Lipinski definition) is 4. The van der Waals surface area contributed by atoms with E-state index in [2.05, 4.69) is 21.9 Å². The number of rotatable bonds is 3. The van der Waals surface area contributed by atoms with E-state index in [0.717, 1.165) is 16.0 Å². The van der Waals surface area contributed by atoms with E-state index in [1.54, 1.807) is 6.08 Å². The highest BCUT2D eigenvalue weighted by molar-refractivity contribution is 7.17. The van der Waals surface area contributed by atoms with Crippen molar-refractivity contribution in [2.45, 2.75) is 0 Å². The van der Waals surface area contributed by atoms with Crippen LogP contribution in [0, 0.1) is 0 Å². The Hall–Kier alpha value is -1.13. The molecule has 2 heterocycles. The second-order valence-electron chi connectivity index (χ2n) is 2.66. The molecule has 0 bridgehead atoms. The Kier molecular flexibility index (Phi) is 2.65. The largest absolute Gasteiger partial charge is 0.366 e. The molecule has 2 aromatic heterocycles. The van der Waals surface area contributed by atoms with Crippen molar-refractivity contribution >= 4 is 39.0 Å². The molecular formula is C9H8ClN3S. The van der Waals surface area contributed by atoms with Crippen LogP contribution in [0.2, 0.25) is 5.02 Å². The van der Waals surface area contributed by atoms with Crippen LogP contribution >= 0.6 is 22.9 Å². The number of anilines is 1. The average Bonchev–Trinajstić information content (AvgIpc) is 2.58. The van der Waals surface area contributed by atoms with Gasteiger partial charge in [-0.25, -0.2) is 9.97 Å². The third kappa shape index (κ3) is 1.58. The summed E-state index contributed by atoms with van der Waals surface area (Å²) in [5.74, 6) is 0.765. The van der Waals surface area contributed by atoms with E-state index in [4.69, 9.17) is 11.6 Å². The molecule has 0 unspecified atom stereocenters. The Morgan fingerprint density at radius 3 is 3.21 bits per heavy atom. The molecule has 2 rings (SSSR count). The highest BCUT2D eigenvalue weighted by Crippen LogP contribution is 2.32. The molecule has 0 saturated carbocycles. The van der Waals surface area contributed by atoms with Crippen molar-refractivity contribution in [1.82, 2.24) is 9.97 Å². The first kappa shape index (κ1) is 9.43. The van der Waals surface area contributed by atoms with Crippen molar-refractivity contribution in [3.05, 3.63) is 29.4 Å². The maximum Gasteiger partial charge on any atom is 0.139 e. The summed E-state index contributed by atoms with van der Waals surface area (Å²) in [7, 11) is 0. The van der Waals surface area contributed by atoms with Crippen molar-refractivity contribution in [3.8, 4) is 0 Å². The molecule has 0 radical (unpaired) electrons. The van der Waals surface area contributed by atoms with Crippen LogP contribution in [-0.4, -0.2) is 16.5 Å². The van der Waals surface area contributed by atoms with Crippen LogP contribution < -0.4 is 5.32 Å². The van der Waals surface area contributed by atoms with Crippen molar-refractivity contribution in [2.75, 3.05) is 11.9 Å². The van der Waals surface area contributed by atoms with Gasteiger partial charge in [0.15, 0.2) is 0 Å². The van der Waals surface area contributed by atoms with E-state index in [9.17, 15) is 0 Å². The predicted molar refractivity (Wildman–Crippen MR) is 61.1 cm³/mol. The number of nitrogens with one attached hydrogen (secondary N) is 1. The normalized spacial score (nSPS) is 10.4. The molecule has 0 aliphatic carbocycles. The fourth-order valence-electron chi connectivity index (χ4n) is 1.14. The molecular weight excluding hydrogens is 218 g/mol. The first-order valence-electron chi connectivity index (χ1n) is 4.05. The zero-order valence-corrected chi connectivity index (χ0v) is 8.90. The topological polar surface area (TPSA) is 37.8 Å². The number of fused-ring (bicyclic) bond motifs is 1. The second-order valence-corrected chi connectivity index (χ2v) is 3.92. The van der Waals surface area contributed by atoms with E-state index < -0.39 is 0 Å². The number of thiophene rings is 1. The summed E-state index contributed by atoms with van der Waals surface area (Å²) in [6, 6.07) is 0. The van der Waals surface area contributed by atoms with Gasteiger partial charge in [-0.1, -0.05) is 17.7 Å². The highest BCUT2D eigenvalue weighted by atomic mass is 35.5. The van der Waals surface area contributed by atoms with E-state index >= 15 is 0 Å². The summed E-state index contributed by atoms with van der Waals surface area (Å²) in [4.78, 5) is 9.16. The molecule has 0 aromatic carbocycles. The molecule has 2 aromatic rings. The van der Waals surface area contributed by atoms with Crippen LogP contribution in [-0.2, 0) is 0 Å². The maximum atomic E-state index is 6.02. The van der Waals surface area contributed by atoms with Gasteiger partial charge in [-0.3, -0.25) is 0 Å². The van der Waals surface area contributed by atoms with Crippen LogP contribution in [0.25, 0.3) is 10.2 Å². The number of halogens is 1. The van der Waals surface area contributed by atoms with Crippen LogP contribution in [0.15, 0.2) is 24.4 Å². The van der Waals surface area contributed by atoms with Gasteiger partial charge in [-0.05, 0) is 0 Å². The summed E-state index contributed by atoms with van der Waals surface area (Å²) in [6.07, 6.45) is 3.30. The van der Waals surface area contributed by atoms with Crippen LogP contribution in [0.1, 0.15) is 0 Å². The first-order chi connectivity index (χ1) is 6.83. The molecule has 0 aliphatic rings. The van der Waals surface area contributed by atoms with Crippen LogP contribution in [0.4, 0.5) is 5.82 Å². The standard InChI is InChI=1S/C9H8ClN3S/c1-2-3-11-8-7-6(10)4-14-9(7)13-5-12-8/h2,4-5H,1,3H2,(H,11,12,13). The van der Waals surface area contributed by atoms with Crippen LogP contribution in [0.5, 0.6) is 0 Å². The Morgan fingerprint density at radius 2 is 2.43 bits per heavy atom. The Morgan fingerprint density at radius 1 is 1.57 bits per heavy atom. The van der Waals surface area contributed by atoms with Gasteiger partial charge in [-0.2, -0.15) is 0 Å². The smallest absolute Gasteiger partial charge is 0.139 e. The molecule has 3 nitrogen and oxygen atoms in total. The van der Waals surface area contributed by atoms with Gasteiger partial charge in [0.25, 0.3) is 0 Å². The fourth-order valence-corrected chi connectivity index (χ4v) is 2.28. The van der Waals surface area contributed by atoms with Gasteiger partial charge in [-0.15, -0.1) is 17.9 Å². The first-order valence-corrected chi connectivity index (χ1v) is 5.31. The number of nitrogens with zero attached hydrogens (tertiary/aromatic N) is 2. The molecule has 0 atom stereocenters. The summed E-state index contributed by atoms with van der Waals surface area (Å²) in [6.45, 7) is 4.29. The van der Waals surface area contributed by atoms with Crippen molar-refractivity contribution in [1.29, 1.82) is 0 Å². The summed E-state index contributed by atoms with van der Waals surface area (Å²) >= 11 is 7.53. The third-order valence-corrected chi connectivity index (χ3v) is 3.05. The van der Waals surface area contributed by atoms with Crippen molar-refractivity contribution in [2.24, 2.45) is 0 Å². The van der Waals surface area contributed by atoms with Crippen molar-refractivity contribution < 1.29 is 0 Å². The summed E-state index contributed by atoms with van der Waals surface area (Å²) in [5, 5.41) is 6.56. The van der Waals surface area contributed by atoms with Crippen molar-refractivity contribution in [3.63, 3.8) is 0 Å². The van der Waals surface area contributed by atoms with Crippen LogP contribution in [0.3, 0.4) is 0 Å². The number of hydrogen-bond donors (Lipinski definition) is 1. The van der Waals surface area contributed by atoms with Gasteiger partial charge in [0, 0.05) is 11.9 Å². The minimum absolute atomic E-state index is 0.665. The lowest BCUT2D eigenvalue weighted by Gasteiger charge is -2.02. The monoisotopic (exact) mass is 225 g/mol. The molecule has 1 N–H and O–H groups in total. The SMILES string of the molecule is C=CCNc1ncnc2scc(Cl)c12. The van der Waals surface area contributed by atoms with E-state index in [1.807, 2.05) is 5.38 Å². The molecule has 72 valence electrons. The number of aromatic nitrogens is 2. The second kappa shape index (κ2) is 3.94. The average molecular weight is 226 g/mol. The van der Waals surface area contributed by atoms with Gasteiger partial charge in [0.2, 0.25) is 0 Å². The zero-order valence-electron chi connectivity index (χ0n) is 7.33. The van der Waals surface area contributed by atoms with Gasteiger partial charge >= 0.3 is 0 Å². The van der Waals surface area contributed by atoms with Gasteiger partial charge < -0.3 is 5.32 Å². The van der Waals surface area contributed by atoms with E-state index in [1.165, 1.54) is 17.7 Å². The van der Waals surface area contributed by atoms with E-state index in [0.29, 0.717) is 11.6 Å². The molecule has 14 heavy (non-hydrogen) atoms. The summed E-state index contributed by atoms with van der Waals surface area (Å²) < 4.78 is 0. The third-order valence-electron chi connectivity index (χ3n) is 1.74. The molecule has 0 aliphatic heterocycles. The Bertz CT molecular complexity index is 466. The lowest BCUT2D eigenvalue weighted by molar-refractivity contribution is 1.19. The highest BCUT2D eigenvalue weighted by Gasteiger charge is 2.08. The molecule has 0 fully saturated rings. The molecule has 0 amide bonds. The lowest BCUT2D eigenvalue weighted by Crippen LogP contribution is -2.00. The maximum absolute atomic E-state index is 6.02. The molecule has 0 spiro atoms. The summed E-state index contributed by atoms with van der Waals surface area (Å²) in [5.41, 5.74) is 0. The van der Waals surface area contributed by atoms with E-state index in [-0.39, 0.29) is 0 Å².